The molecule has 0 bridgehead atoms. The molecule has 0 unspecified atom stereocenters. The van der Waals surface area contributed by atoms with Crippen molar-refractivity contribution in [2.75, 3.05) is 12.4 Å². The Bertz CT molecular complexity index is 1190. The van der Waals surface area contributed by atoms with Crippen LogP contribution >= 0.6 is 0 Å². The van der Waals surface area contributed by atoms with Gasteiger partial charge in [0.2, 0.25) is 11.9 Å². The van der Waals surface area contributed by atoms with Crippen LogP contribution in [-0.2, 0) is 11.2 Å². The van der Waals surface area contributed by atoms with Crippen molar-refractivity contribution in [1.82, 2.24) is 14.9 Å². The van der Waals surface area contributed by atoms with Gasteiger partial charge in [0.1, 0.15) is 5.82 Å². The van der Waals surface area contributed by atoms with E-state index in [4.69, 9.17) is 0 Å². The molecular weight excluding hydrogens is 387 g/mol. The topological polar surface area (TPSA) is 92.3 Å². The van der Waals surface area contributed by atoms with Gasteiger partial charge < -0.3 is 5.32 Å². The van der Waals surface area contributed by atoms with E-state index in [2.05, 4.69) is 15.3 Å². The summed E-state index contributed by atoms with van der Waals surface area (Å²) in [5, 5.41) is 2.66. The molecule has 1 aromatic carbocycles. The molecule has 30 heavy (non-hydrogen) atoms. The zero-order chi connectivity index (χ0) is 21.4. The minimum atomic E-state index is -0.603. The Balaban J connectivity index is 1.53. The van der Waals surface area contributed by atoms with E-state index in [0.29, 0.717) is 22.3 Å². The number of nitrogens with one attached hydrogen (secondary N) is 1. The highest BCUT2D eigenvalue weighted by atomic mass is 19.1. The second kappa shape index (κ2) is 7.47. The van der Waals surface area contributed by atoms with Crippen LogP contribution in [0.15, 0.2) is 48.8 Å². The number of anilines is 1. The summed E-state index contributed by atoms with van der Waals surface area (Å²) in [6.45, 7) is 1.80. The van der Waals surface area contributed by atoms with Crippen molar-refractivity contribution < 1.29 is 18.8 Å². The molecule has 1 N–H and O–H groups in total. The van der Waals surface area contributed by atoms with E-state index < -0.39 is 11.9 Å². The molecule has 3 heterocycles. The van der Waals surface area contributed by atoms with Crippen LogP contribution in [-0.4, -0.2) is 39.6 Å². The lowest BCUT2D eigenvalue weighted by atomic mass is 9.97. The van der Waals surface area contributed by atoms with Gasteiger partial charge in [0, 0.05) is 30.6 Å². The smallest absolute Gasteiger partial charge is 0.261 e. The summed E-state index contributed by atoms with van der Waals surface area (Å²) in [7, 11) is 1.42. The molecule has 3 amide bonds. The average molecular weight is 404 g/mol. The SMILES string of the molecule is Cc1cc(CC(=O)Nc2ccc(-c3cccnc3F)cn2)c2c(c1)C(=O)N(C)C2=O. The maximum atomic E-state index is 13.8. The fourth-order valence-electron chi connectivity index (χ4n) is 3.45. The van der Waals surface area contributed by atoms with Crippen LogP contribution in [0.25, 0.3) is 11.1 Å². The predicted molar refractivity (Wildman–Crippen MR) is 107 cm³/mol. The number of rotatable bonds is 4. The van der Waals surface area contributed by atoms with Gasteiger partial charge in [-0.25, -0.2) is 9.97 Å². The minimum absolute atomic E-state index is 0.0858. The second-order valence-corrected chi connectivity index (χ2v) is 7.01. The monoisotopic (exact) mass is 404 g/mol. The first-order valence-corrected chi connectivity index (χ1v) is 9.18. The molecule has 0 spiro atoms. The van der Waals surface area contributed by atoms with E-state index in [-0.39, 0.29) is 29.6 Å². The van der Waals surface area contributed by atoms with Gasteiger partial charge in [0.05, 0.1) is 17.5 Å². The number of hydrogen-bond donors (Lipinski definition) is 1. The summed E-state index contributed by atoms with van der Waals surface area (Å²) >= 11 is 0. The van der Waals surface area contributed by atoms with E-state index >= 15 is 0 Å². The van der Waals surface area contributed by atoms with Gasteiger partial charge in [-0.05, 0) is 48.4 Å². The van der Waals surface area contributed by atoms with Crippen molar-refractivity contribution >= 4 is 23.5 Å². The molecule has 150 valence electrons. The third-order valence-corrected chi connectivity index (χ3v) is 4.87. The molecule has 4 rings (SSSR count). The molecule has 0 saturated heterocycles. The van der Waals surface area contributed by atoms with Crippen LogP contribution < -0.4 is 5.32 Å². The summed E-state index contributed by atoms with van der Waals surface area (Å²) in [6.07, 6.45) is 2.72. The average Bonchev–Trinajstić information content (AvgIpc) is 2.93. The van der Waals surface area contributed by atoms with E-state index in [0.717, 1.165) is 10.5 Å². The number of aromatic nitrogens is 2. The number of aryl methyl sites for hydroxylation is 1. The van der Waals surface area contributed by atoms with Gasteiger partial charge in [-0.3, -0.25) is 19.3 Å². The third kappa shape index (κ3) is 3.43. The van der Waals surface area contributed by atoms with Crippen LogP contribution in [0, 0.1) is 12.9 Å². The Morgan fingerprint density at radius 2 is 1.90 bits per heavy atom. The normalized spacial score (nSPS) is 12.8. The molecule has 0 fully saturated rings. The number of amides is 3. The summed E-state index contributed by atoms with van der Waals surface area (Å²) in [5.74, 6) is -1.49. The fourth-order valence-corrected chi connectivity index (χ4v) is 3.45. The maximum Gasteiger partial charge on any atom is 0.261 e. The third-order valence-electron chi connectivity index (χ3n) is 4.87. The Kier molecular flexibility index (Phi) is 4.83. The molecule has 0 atom stereocenters. The molecule has 0 aliphatic carbocycles. The second-order valence-electron chi connectivity index (χ2n) is 7.01. The molecule has 1 aliphatic heterocycles. The molecule has 3 aromatic rings. The summed E-state index contributed by atoms with van der Waals surface area (Å²) in [5.41, 5.74) is 2.69. The van der Waals surface area contributed by atoms with Gasteiger partial charge in [-0.2, -0.15) is 4.39 Å². The van der Waals surface area contributed by atoms with Gasteiger partial charge in [0.15, 0.2) is 0 Å². The molecular formula is C22H17FN4O3. The Hall–Kier alpha value is -3.94. The van der Waals surface area contributed by atoms with Crippen molar-refractivity contribution in [1.29, 1.82) is 0 Å². The fraction of sp³-hybridized carbons (Fsp3) is 0.136. The summed E-state index contributed by atoms with van der Waals surface area (Å²) < 4.78 is 13.8. The van der Waals surface area contributed by atoms with Crippen molar-refractivity contribution in [2.45, 2.75) is 13.3 Å². The van der Waals surface area contributed by atoms with Gasteiger partial charge >= 0.3 is 0 Å². The molecule has 0 radical (unpaired) electrons. The number of hydrogen-bond acceptors (Lipinski definition) is 5. The minimum Gasteiger partial charge on any atom is -0.310 e. The van der Waals surface area contributed by atoms with Crippen molar-refractivity contribution in [3.8, 4) is 11.1 Å². The van der Waals surface area contributed by atoms with E-state index in [1.807, 2.05) is 0 Å². The van der Waals surface area contributed by atoms with Crippen LogP contribution in [0.5, 0.6) is 0 Å². The molecule has 7 nitrogen and oxygen atoms in total. The molecule has 1 aliphatic rings. The number of carbonyl (C=O) groups excluding carboxylic acids is 3. The molecule has 8 heteroatoms. The Morgan fingerprint density at radius 3 is 2.60 bits per heavy atom. The van der Waals surface area contributed by atoms with E-state index in [9.17, 15) is 18.8 Å². The lowest BCUT2D eigenvalue weighted by Crippen LogP contribution is -2.24. The predicted octanol–water partition coefficient (Wildman–Crippen LogP) is 3.00. The quantitative estimate of drug-likeness (QED) is 0.533. The standard InChI is InChI=1S/C22H17FN4O3/c1-12-8-14(19-16(9-12)21(29)27(2)22(19)30)10-18(28)26-17-6-5-13(11-25-17)15-4-3-7-24-20(15)23/h3-9,11H,10H2,1-2H3,(H,25,26,28). The van der Waals surface area contributed by atoms with Gasteiger partial charge in [0.25, 0.3) is 11.8 Å². The van der Waals surface area contributed by atoms with Crippen molar-refractivity contribution in [3.63, 3.8) is 0 Å². The van der Waals surface area contributed by atoms with Crippen LogP contribution in [0.3, 0.4) is 0 Å². The highest BCUT2D eigenvalue weighted by Gasteiger charge is 2.35. The first-order valence-electron chi connectivity index (χ1n) is 9.18. The molecule has 0 saturated carbocycles. The van der Waals surface area contributed by atoms with Crippen molar-refractivity contribution in [3.05, 3.63) is 77.0 Å². The van der Waals surface area contributed by atoms with Crippen LogP contribution in [0.4, 0.5) is 10.2 Å². The lowest BCUT2D eigenvalue weighted by molar-refractivity contribution is -0.115. The zero-order valence-electron chi connectivity index (χ0n) is 16.3. The zero-order valence-corrected chi connectivity index (χ0v) is 16.3. The highest BCUT2D eigenvalue weighted by molar-refractivity contribution is 6.22. The number of halogens is 1. The largest absolute Gasteiger partial charge is 0.310 e. The molecule has 2 aromatic heterocycles. The lowest BCUT2D eigenvalue weighted by Gasteiger charge is -2.09. The number of pyridine rings is 2. The van der Waals surface area contributed by atoms with E-state index in [1.54, 1.807) is 43.3 Å². The number of carbonyl (C=O) groups is 3. The first-order chi connectivity index (χ1) is 14.3. The van der Waals surface area contributed by atoms with Crippen LogP contribution in [0.2, 0.25) is 0 Å². The number of fused-ring (bicyclic) bond motifs is 1. The van der Waals surface area contributed by atoms with Gasteiger partial charge in [-0.1, -0.05) is 6.07 Å². The maximum absolute atomic E-state index is 13.8. The highest BCUT2D eigenvalue weighted by Crippen LogP contribution is 2.27. The van der Waals surface area contributed by atoms with Crippen molar-refractivity contribution in [2.24, 2.45) is 0 Å². The van der Waals surface area contributed by atoms with Gasteiger partial charge in [-0.15, -0.1) is 0 Å². The number of benzene rings is 1. The number of imide groups is 1. The summed E-state index contributed by atoms with van der Waals surface area (Å²) in [6, 6.07) is 9.78. The first kappa shape index (κ1) is 19.4. The number of nitrogens with zero attached hydrogens (tertiary/aromatic N) is 3. The summed E-state index contributed by atoms with van der Waals surface area (Å²) in [4.78, 5) is 46.0. The Labute approximate surface area is 171 Å². The van der Waals surface area contributed by atoms with E-state index in [1.165, 1.54) is 19.4 Å². The van der Waals surface area contributed by atoms with Crippen LogP contribution in [0.1, 0.15) is 31.8 Å². The Morgan fingerprint density at radius 1 is 1.10 bits per heavy atom.